The molecule has 2 fully saturated rings. The summed E-state index contributed by atoms with van der Waals surface area (Å²) in [5.41, 5.74) is 0.289. The van der Waals surface area contributed by atoms with E-state index in [0.717, 1.165) is 25.9 Å². The zero-order valence-corrected chi connectivity index (χ0v) is 13.3. The number of likely N-dealkylation sites (tertiary alicyclic amines) is 1. The monoisotopic (exact) mass is 289 g/mol. The van der Waals surface area contributed by atoms with E-state index in [-0.39, 0.29) is 11.5 Å². The fraction of sp³-hybridized carbons (Fsp3) is 0.765. The van der Waals surface area contributed by atoms with Gasteiger partial charge in [-0.3, -0.25) is 4.79 Å². The normalized spacial score (nSPS) is 22.0. The van der Waals surface area contributed by atoms with E-state index in [4.69, 9.17) is 0 Å². The molecule has 0 spiro atoms. The lowest BCUT2D eigenvalue weighted by molar-refractivity contribution is -0.128. The fourth-order valence-electron chi connectivity index (χ4n) is 3.31. The smallest absolute Gasteiger partial charge is 0.266 e. The molecule has 0 N–H and O–H groups in total. The lowest BCUT2D eigenvalue weighted by Crippen LogP contribution is -2.39. The number of hydrogen-bond acceptors (Lipinski definition) is 3. The van der Waals surface area contributed by atoms with Crippen molar-refractivity contribution in [3.63, 3.8) is 0 Å². The first-order valence-corrected chi connectivity index (χ1v) is 8.25. The molecule has 1 saturated heterocycles. The molecule has 0 radical (unpaired) electrons. The summed E-state index contributed by atoms with van der Waals surface area (Å²) >= 11 is 0. The van der Waals surface area contributed by atoms with E-state index in [2.05, 4.69) is 17.9 Å². The van der Waals surface area contributed by atoms with Crippen LogP contribution in [0.5, 0.6) is 0 Å². The number of amides is 1. The summed E-state index contributed by atoms with van der Waals surface area (Å²) < 4.78 is 0. The molecule has 1 heterocycles. The van der Waals surface area contributed by atoms with Gasteiger partial charge in [-0.25, -0.2) is 0 Å². The Kier molecular flexibility index (Phi) is 5.67. The molecule has 0 atom stereocenters. The van der Waals surface area contributed by atoms with Crippen LogP contribution in [-0.4, -0.2) is 41.9 Å². The predicted octanol–water partition coefficient (Wildman–Crippen LogP) is 2.92. The molecule has 4 nitrogen and oxygen atoms in total. The van der Waals surface area contributed by atoms with Crippen LogP contribution >= 0.6 is 0 Å². The SMILES string of the molecule is CC1CCN(C(=O)/C(C#N)=C\N(C)C2CCCCC2)CC1. The molecule has 1 aliphatic heterocycles. The van der Waals surface area contributed by atoms with Crippen LogP contribution in [0.2, 0.25) is 0 Å². The third-order valence-corrected chi connectivity index (χ3v) is 4.91. The quantitative estimate of drug-likeness (QED) is 0.593. The highest BCUT2D eigenvalue weighted by atomic mass is 16.2. The van der Waals surface area contributed by atoms with Gasteiger partial charge in [-0.05, 0) is 31.6 Å². The van der Waals surface area contributed by atoms with Gasteiger partial charge >= 0.3 is 0 Å². The summed E-state index contributed by atoms with van der Waals surface area (Å²) in [4.78, 5) is 16.4. The second-order valence-corrected chi connectivity index (χ2v) is 6.59. The average Bonchev–Trinajstić information content (AvgIpc) is 2.53. The standard InChI is InChI=1S/C17H27N3O/c1-14-8-10-20(11-9-14)17(21)15(12-18)13-19(2)16-6-4-3-5-7-16/h13-14,16H,3-11H2,1-2H3/b15-13-. The second kappa shape index (κ2) is 7.49. The molecular weight excluding hydrogens is 262 g/mol. The molecule has 1 aliphatic carbocycles. The molecule has 0 unspecified atom stereocenters. The molecule has 1 amide bonds. The molecule has 0 aromatic rings. The van der Waals surface area contributed by atoms with Gasteiger partial charge in [-0.1, -0.05) is 26.2 Å². The number of carbonyl (C=O) groups is 1. The van der Waals surface area contributed by atoms with E-state index in [9.17, 15) is 10.1 Å². The van der Waals surface area contributed by atoms with Gasteiger partial charge in [-0.2, -0.15) is 5.26 Å². The zero-order valence-electron chi connectivity index (χ0n) is 13.3. The van der Waals surface area contributed by atoms with Gasteiger partial charge in [0.05, 0.1) is 0 Å². The Bertz CT molecular complexity index is 424. The van der Waals surface area contributed by atoms with E-state index < -0.39 is 0 Å². The molecule has 1 saturated carbocycles. The van der Waals surface area contributed by atoms with Crippen LogP contribution < -0.4 is 0 Å². The van der Waals surface area contributed by atoms with Gasteiger partial charge < -0.3 is 9.80 Å². The summed E-state index contributed by atoms with van der Waals surface area (Å²) in [7, 11) is 2.00. The Hall–Kier alpha value is -1.50. The second-order valence-electron chi connectivity index (χ2n) is 6.59. The Morgan fingerprint density at radius 3 is 2.38 bits per heavy atom. The Morgan fingerprint density at radius 1 is 1.19 bits per heavy atom. The lowest BCUT2D eigenvalue weighted by Gasteiger charge is -2.32. The van der Waals surface area contributed by atoms with Gasteiger partial charge in [0.25, 0.3) is 5.91 Å². The predicted molar refractivity (Wildman–Crippen MR) is 83.3 cm³/mol. The van der Waals surface area contributed by atoms with Crippen molar-refractivity contribution in [2.45, 2.75) is 57.9 Å². The average molecular weight is 289 g/mol. The Morgan fingerprint density at radius 2 is 1.81 bits per heavy atom. The first-order chi connectivity index (χ1) is 10.1. The Labute approximate surface area is 128 Å². The minimum Gasteiger partial charge on any atom is -0.376 e. The van der Waals surface area contributed by atoms with E-state index >= 15 is 0 Å². The summed E-state index contributed by atoms with van der Waals surface area (Å²) in [5.74, 6) is 0.598. The van der Waals surface area contributed by atoms with Gasteiger partial charge in [0.1, 0.15) is 11.6 Å². The van der Waals surface area contributed by atoms with Crippen molar-refractivity contribution in [3.05, 3.63) is 11.8 Å². The topological polar surface area (TPSA) is 47.3 Å². The summed E-state index contributed by atoms with van der Waals surface area (Å²) in [6.07, 6.45) is 10.0. The first-order valence-electron chi connectivity index (χ1n) is 8.25. The van der Waals surface area contributed by atoms with Crippen LogP contribution in [0.4, 0.5) is 0 Å². The zero-order chi connectivity index (χ0) is 15.2. The van der Waals surface area contributed by atoms with Gasteiger partial charge in [0, 0.05) is 32.4 Å². The number of nitriles is 1. The van der Waals surface area contributed by atoms with Crippen LogP contribution in [-0.2, 0) is 4.79 Å². The first kappa shape index (κ1) is 15.9. The van der Waals surface area contributed by atoms with E-state index in [1.807, 2.05) is 11.9 Å². The van der Waals surface area contributed by atoms with Crippen LogP contribution in [0.3, 0.4) is 0 Å². The molecule has 0 bridgehead atoms. The van der Waals surface area contributed by atoms with E-state index in [1.54, 1.807) is 6.20 Å². The molecule has 21 heavy (non-hydrogen) atoms. The van der Waals surface area contributed by atoms with Crippen molar-refractivity contribution in [1.29, 1.82) is 5.26 Å². The van der Waals surface area contributed by atoms with Gasteiger partial charge in [0.15, 0.2) is 0 Å². The third kappa shape index (κ3) is 4.23. The third-order valence-electron chi connectivity index (χ3n) is 4.91. The maximum absolute atomic E-state index is 12.5. The largest absolute Gasteiger partial charge is 0.376 e. The van der Waals surface area contributed by atoms with Crippen molar-refractivity contribution in [2.24, 2.45) is 5.92 Å². The number of nitrogens with zero attached hydrogens (tertiary/aromatic N) is 3. The molecule has 2 aliphatic rings. The van der Waals surface area contributed by atoms with Crippen LogP contribution in [0.15, 0.2) is 11.8 Å². The van der Waals surface area contributed by atoms with Crippen molar-refractivity contribution in [3.8, 4) is 6.07 Å². The van der Waals surface area contributed by atoms with E-state index in [1.165, 1.54) is 32.1 Å². The molecule has 4 heteroatoms. The highest BCUT2D eigenvalue weighted by Gasteiger charge is 2.24. The summed E-state index contributed by atoms with van der Waals surface area (Å²) in [5, 5.41) is 9.33. The summed E-state index contributed by atoms with van der Waals surface area (Å²) in [6.45, 7) is 3.79. The van der Waals surface area contributed by atoms with Crippen LogP contribution in [0.25, 0.3) is 0 Å². The van der Waals surface area contributed by atoms with Gasteiger partial charge in [0.2, 0.25) is 0 Å². The van der Waals surface area contributed by atoms with Gasteiger partial charge in [-0.15, -0.1) is 0 Å². The van der Waals surface area contributed by atoms with Crippen LogP contribution in [0.1, 0.15) is 51.9 Å². The van der Waals surface area contributed by atoms with E-state index in [0.29, 0.717) is 12.0 Å². The molecule has 0 aromatic carbocycles. The molecule has 2 rings (SSSR count). The van der Waals surface area contributed by atoms with Crippen molar-refractivity contribution >= 4 is 5.91 Å². The Balaban J connectivity index is 1.99. The van der Waals surface area contributed by atoms with Crippen LogP contribution in [0, 0.1) is 17.2 Å². The highest BCUT2D eigenvalue weighted by Crippen LogP contribution is 2.23. The number of rotatable bonds is 3. The van der Waals surface area contributed by atoms with Crippen molar-refractivity contribution < 1.29 is 4.79 Å². The minimum atomic E-state index is -0.0907. The van der Waals surface area contributed by atoms with Crippen molar-refractivity contribution in [1.82, 2.24) is 9.80 Å². The molecule has 0 aromatic heterocycles. The maximum Gasteiger partial charge on any atom is 0.266 e. The number of hydrogen-bond donors (Lipinski definition) is 0. The fourth-order valence-corrected chi connectivity index (χ4v) is 3.31. The lowest BCUT2D eigenvalue weighted by atomic mass is 9.94. The maximum atomic E-state index is 12.5. The molecule has 116 valence electrons. The minimum absolute atomic E-state index is 0.0907. The van der Waals surface area contributed by atoms with Crippen molar-refractivity contribution in [2.75, 3.05) is 20.1 Å². The highest BCUT2D eigenvalue weighted by molar-refractivity contribution is 5.97. The number of carbonyl (C=O) groups excluding carboxylic acids is 1. The summed E-state index contributed by atoms with van der Waals surface area (Å²) in [6, 6.07) is 2.59. The number of piperidine rings is 1. The molecular formula is C17H27N3O.